The van der Waals surface area contributed by atoms with E-state index in [1.807, 2.05) is 6.92 Å². The van der Waals surface area contributed by atoms with E-state index in [1.165, 1.54) is 6.08 Å². The van der Waals surface area contributed by atoms with Crippen molar-refractivity contribution >= 4 is 11.7 Å². The lowest BCUT2D eigenvalue weighted by atomic mass is 10.4. The Morgan fingerprint density at radius 3 is 3.00 bits per heavy atom. The smallest absolute Gasteiger partial charge is 0.332 e. The van der Waals surface area contributed by atoms with Gasteiger partial charge in [0.2, 0.25) is 0 Å². The van der Waals surface area contributed by atoms with Crippen molar-refractivity contribution in [1.29, 1.82) is 0 Å². The van der Waals surface area contributed by atoms with Gasteiger partial charge in [0.05, 0.1) is 12.9 Å². The SMILES string of the molecule is CCOC(=O)/C=C(\C)n1ccnc1. The predicted molar refractivity (Wildman–Crippen MR) is 48.8 cm³/mol. The fourth-order valence-electron chi connectivity index (χ4n) is 0.897. The Bertz CT molecular complexity index is 301. The monoisotopic (exact) mass is 180 g/mol. The number of esters is 1. The molecule has 0 saturated carbocycles. The normalized spacial score (nSPS) is 11.4. The summed E-state index contributed by atoms with van der Waals surface area (Å²) in [4.78, 5) is 14.9. The highest BCUT2D eigenvalue weighted by molar-refractivity contribution is 5.87. The van der Waals surface area contributed by atoms with Gasteiger partial charge in [0, 0.05) is 24.2 Å². The minimum atomic E-state index is -0.325. The molecule has 70 valence electrons. The zero-order valence-electron chi connectivity index (χ0n) is 7.73. The lowest BCUT2D eigenvalue weighted by Crippen LogP contribution is -2.02. The van der Waals surface area contributed by atoms with Gasteiger partial charge in [-0.15, -0.1) is 0 Å². The van der Waals surface area contributed by atoms with Crippen LogP contribution in [0, 0.1) is 0 Å². The van der Waals surface area contributed by atoms with Crippen LogP contribution in [0.15, 0.2) is 24.8 Å². The second-order valence-electron chi connectivity index (χ2n) is 2.51. The summed E-state index contributed by atoms with van der Waals surface area (Å²) in [6.45, 7) is 3.99. The summed E-state index contributed by atoms with van der Waals surface area (Å²) in [7, 11) is 0. The fraction of sp³-hybridized carbons (Fsp3) is 0.333. The van der Waals surface area contributed by atoms with Gasteiger partial charge >= 0.3 is 5.97 Å². The Morgan fingerprint density at radius 1 is 1.69 bits per heavy atom. The maximum Gasteiger partial charge on any atom is 0.332 e. The molecule has 0 fully saturated rings. The number of hydrogen-bond donors (Lipinski definition) is 0. The van der Waals surface area contributed by atoms with Gasteiger partial charge in [-0.3, -0.25) is 0 Å². The second-order valence-corrected chi connectivity index (χ2v) is 2.51. The van der Waals surface area contributed by atoms with Crippen LogP contribution in [-0.4, -0.2) is 22.1 Å². The van der Waals surface area contributed by atoms with Crippen LogP contribution in [0.5, 0.6) is 0 Å². The quantitative estimate of drug-likeness (QED) is 0.520. The number of allylic oxidation sites excluding steroid dienone is 1. The lowest BCUT2D eigenvalue weighted by Gasteiger charge is -2.01. The van der Waals surface area contributed by atoms with Crippen molar-refractivity contribution in [1.82, 2.24) is 9.55 Å². The van der Waals surface area contributed by atoms with E-state index >= 15 is 0 Å². The average molecular weight is 180 g/mol. The lowest BCUT2D eigenvalue weighted by molar-refractivity contribution is -0.137. The van der Waals surface area contributed by atoms with Crippen molar-refractivity contribution in [3.63, 3.8) is 0 Å². The first kappa shape index (κ1) is 9.51. The number of ether oxygens (including phenoxy) is 1. The average Bonchev–Trinajstić information content (AvgIpc) is 2.55. The van der Waals surface area contributed by atoms with E-state index in [-0.39, 0.29) is 5.97 Å². The number of carbonyl (C=O) groups excluding carboxylic acids is 1. The zero-order valence-corrected chi connectivity index (χ0v) is 7.73. The van der Waals surface area contributed by atoms with Crippen LogP contribution in [0.2, 0.25) is 0 Å². The Kier molecular flexibility index (Phi) is 3.25. The molecule has 1 rings (SSSR count). The molecule has 1 heterocycles. The Hall–Kier alpha value is -1.58. The molecule has 0 amide bonds. The van der Waals surface area contributed by atoms with E-state index in [9.17, 15) is 4.79 Å². The van der Waals surface area contributed by atoms with Gasteiger partial charge in [-0.25, -0.2) is 9.78 Å². The molecular formula is C9H12N2O2. The van der Waals surface area contributed by atoms with E-state index < -0.39 is 0 Å². The topological polar surface area (TPSA) is 44.1 Å². The second kappa shape index (κ2) is 4.45. The molecule has 0 N–H and O–H groups in total. The van der Waals surface area contributed by atoms with Crippen molar-refractivity contribution in [2.75, 3.05) is 6.61 Å². The standard InChI is InChI=1S/C9H12N2O2/c1-3-13-9(12)6-8(2)11-5-4-10-7-11/h4-7H,3H2,1-2H3/b8-6+. The number of imidazole rings is 1. The van der Waals surface area contributed by atoms with Gasteiger partial charge in [0.25, 0.3) is 0 Å². The highest BCUT2D eigenvalue weighted by Gasteiger charge is 1.98. The molecule has 13 heavy (non-hydrogen) atoms. The summed E-state index contributed by atoms with van der Waals surface area (Å²) >= 11 is 0. The van der Waals surface area contributed by atoms with E-state index in [0.29, 0.717) is 6.61 Å². The third-order valence-corrected chi connectivity index (χ3v) is 1.53. The summed E-state index contributed by atoms with van der Waals surface area (Å²) in [6, 6.07) is 0. The fourth-order valence-corrected chi connectivity index (χ4v) is 0.897. The Labute approximate surface area is 76.8 Å². The minimum Gasteiger partial charge on any atom is -0.463 e. The molecule has 1 aromatic rings. The molecule has 0 bridgehead atoms. The van der Waals surface area contributed by atoms with E-state index in [2.05, 4.69) is 4.98 Å². The number of rotatable bonds is 3. The van der Waals surface area contributed by atoms with Gasteiger partial charge in [0.15, 0.2) is 0 Å². The number of nitrogens with zero attached hydrogens (tertiary/aromatic N) is 2. The highest BCUT2D eigenvalue weighted by atomic mass is 16.5. The summed E-state index contributed by atoms with van der Waals surface area (Å²) in [5.74, 6) is -0.325. The van der Waals surface area contributed by atoms with Gasteiger partial charge in [0.1, 0.15) is 0 Å². The van der Waals surface area contributed by atoms with Crippen LogP contribution in [0.3, 0.4) is 0 Å². The largest absolute Gasteiger partial charge is 0.463 e. The van der Waals surface area contributed by atoms with Crippen molar-refractivity contribution < 1.29 is 9.53 Å². The molecule has 1 aromatic heterocycles. The number of aromatic nitrogens is 2. The molecule has 0 saturated heterocycles. The van der Waals surface area contributed by atoms with E-state index in [1.54, 1.807) is 30.2 Å². The summed E-state index contributed by atoms with van der Waals surface area (Å²) in [5.41, 5.74) is 0.788. The molecule has 0 aromatic carbocycles. The van der Waals surface area contributed by atoms with Gasteiger partial charge in [-0.2, -0.15) is 0 Å². The van der Waals surface area contributed by atoms with Crippen molar-refractivity contribution in [3.8, 4) is 0 Å². The van der Waals surface area contributed by atoms with Crippen LogP contribution in [0.1, 0.15) is 13.8 Å². The molecule has 0 unspecified atom stereocenters. The zero-order chi connectivity index (χ0) is 9.68. The van der Waals surface area contributed by atoms with E-state index in [0.717, 1.165) is 5.70 Å². The van der Waals surface area contributed by atoms with Crippen molar-refractivity contribution in [2.24, 2.45) is 0 Å². The first-order valence-corrected chi connectivity index (χ1v) is 4.07. The van der Waals surface area contributed by atoms with Gasteiger partial charge in [-0.1, -0.05) is 0 Å². The number of hydrogen-bond acceptors (Lipinski definition) is 3. The Balaban J connectivity index is 2.67. The van der Waals surface area contributed by atoms with Crippen molar-refractivity contribution in [3.05, 3.63) is 24.8 Å². The molecule has 0 aliphatic carbocycles. The molecule has 0 aliphatic heterocycles. The van der Waals surface area contributed by atoms with Crippen LogP contribution >= 0.6 is 0 Å². The minimum absolute atomic E-state index is 0.325. The van der Waals surface area contributed by atoms with Crippen molar-refractivity contribution in [2.45, 2.75) is 13.8 Å². The van der Waals surface area contributed by atoms with Gasteiger partial charge < -0.3 is 9.30 Å². The predicted octanol–water partition coefficient (Wildman–Crippen LogP) is 1.31. The van der Waals surface area contributed by atoms with Gasteiger partial charge in [-0.05, 0) is 13.8 Å². The molecule has 0 radical (unpaired) electrons. The van der Waals surface area contributed by atoms with Crippen LogP contribution in [-0.2, 0) is 9.53 Å². The number of carbonyl (C=O) groups is 1. The first-order chi connectivity index (χ1) is 6.24. The Morgan fingerprint density at radius 2 is 2.46 bits per heavy atom. The third-order valence-electron chi connectivity index (χ3n) is 1.53. The van der Waals surface area contributed by atoms with Crippen LogP contribution in [0.4, 0.5) is 0 Å². The summed E-state index contributed by atoms with van der Waals surface area (Å²) in [6.07, 6.45) is 6.49. The molecule has 0 atom stereocenters. The third kappa shape index (κ3) is 2.74. The first-order valence-electron chi connectivity index (χ1n) is 4.07. The maximum absolute atomic E-state index is 11.0. The van der Waals surface area contributed by atoms with Crippen LogP contribution < -0.4 is 0 Å². The highest BCUT2D eigenvalue weighted by Crippen LogP contribution is 2.01. The molecule has 4 heteroatoms. The molecule has 0 aliphatic rings. The molecular weight excluding hydrogens is 168 g/mol. The summed E-state index contributed by atoms with van der Waals surface area (Å²) < 4.78 is 6.51. The summed E-state index contributed by atoms with van der Waals surface area (Å²) in [5, 5.41) is 0. The van der Waals surface area contributed by atoms with Crippen LogP contribution in [0.25, 0.3) is 5.70 Å². The maximum atomic E-state index is 11.0. The molecule has 4 nitrogen and oxygen atoms in total. The van der Waals surface area contributed by atoms with E-state index in [4.69, 9.17) is 4.74 Å². The molecule has 0 spiro atoms.